The molecule has 0 amide bonds. The van der Waals surface area contributed by atoms with Crippen molar-refractivity contribution in [2.24, 2.45) is 13.0 Å². The first-order valence-corrected chi connectivity index (χ1v) is 7.42. The summed E-state index contributed by atoms with van der Waals surface area (Å²) in [5.41, 5.74) is 2.42. The monoisotopic (exact) mass is 299 g/mol. The van der Waals surface area contributed by atoms with E-state index >= 15 is 0 Å². The van der Waals surface area contributed by atoms with Gasteiger partial charge >= 0.3 is 0 Å². The Morgan fingerprint density at radius 3 is 2.71 bits per heavy atom. The van der Waals surface area contributed by atoms with Crippen molar-refractivity contribution < 1.29 is 0 Å². The Balaban J connectivity index is 1.87. The van der Waals surface area contributed by atoms with Crippen LogP contribution in [0.15, 0.2) is 4.47 Å². The second kappa shape index (κ2) is 6.01. The third-order valence-corrected chi connectivity index (χ3v) is 4.62. The lowest BCUT2D eigenvalue weighted by molar-refractivity contribution is 0.481. The Hall–Kier alpha value is -0.350. The highest BCUT2D eigenvalue weighted by Gasteiger charge is 2.16. The first-order valence-electron chi connectivity index (χ1n) is 6.63. The van der Waals surface area contributed by atoms with Gasteiger partial charge in [0, 0.05) is 13.6 Å². The minimum atomic E-state index is 0.896. The van der Waals surface area contributed by atoms with E-state index < -0.39 is 0 Å². The van der Waals surface area contributed by atoms with Crippen LogP contribution in [0.4, 0.5) is 0 Å². The van der Waals surface area contributed by atoms with E-state index in [1.54, 1.807) is 0 Å². The lowest BCUT2D eigenvalue weighted by atomic mass is 10.1. The zero-order valence-electron chi connectivity index (χ0n) is 10.8. The molecule has 1 saturated carbocycles. The van der Waals surface area contributed by atoms with Crippen molar-refractivity contribution in [3.8, 4) is 0 Å². The molecular formula is C13H22BrN3. The van der Waals surface area contributed by atoms with Crippen LogP contribution < -0.4 is 5.32 Å². The first kappa shape index (κ1) is 13.1. The molecule has 0 radical (unpaired) electrons. The predicted molar refractivity (Wildman–Crippen MR) is 74.0 cm³/mol. The van der Waals surface area contributed by atoms with Crippen LogP contribution in [-0.4, -0.2) is 16.3 Å². The van der Waals surface area contributed by atoms with Crippen LogP contribution in [0.25, 0.3) is 0 Å². The van der Waals surface area contributed by atoms with E-state index in [1.807, 2.05) is 11.7 Å². The van der Waals surface area contributed by atoms with Gasteiger partial charge in [-0.3, -0.25) is 4.68 Å². The minimum absolute atomic E-state index is 0.896. The first-order chi connectivity index (χ1) is 8.22. The summed E-state index contributed by atoms with van der Waals surface area (Å²) in [6.45, 7) is 4.21. The maximum atomic E-state index is 4.51. The van der Waals surface area contributed by atoms with Crippen molar-refractivity contribution in [2.45, 2.75) is 45.6 Å². The van der Waals surface area contributed by atoms with Crippen molar-refractivity contribution in [2.75, 3.05) is 6.54 Å². The van der Waals surface area contributed by atoms with Gasteiger partial charge in [0.1, 0.15) is 0 Å². The fourth-order valence-corrected chi connectivity index (χ4v) is 3.38. The number of nitrogens with one attached hydrogen (secondary N) is 1. The third-order valence-electron chi connectivity index (χ3n) is 3.70. The van der Waals surface area contributed by atoms with E-state index in [1.165, 1.54) is 35.8 Å². The van der Waals surface area contributed by atoms with E-state index in [9.17, 15) is 0 Å². The Morgan fingerprint density at radius 1 is 1.41 bits per heavy atom. The summed E-state index contributed by atoms with van der Waals surface area (Å²) >= 11 is 3.65. The van der Waals surface area contributed by atoms with E-state index in [0.29, 0.717) is 0 Å². The van der Waals surface area contributed by atoms with Crippen LogP contribution >= 0.6 is 15.9 Å². The molecule has 0 aliphatic heterocycles. The maximum Gasteiger partial charge on any atom is 0.0767 e. The smallest absolute Gasteiger partial charge is 0.0767 e. The predicted octanol–water partition coefficient (Wildman–Crippen LogP) is 3.02. The average molecular weight is 300 g/mol. The summed E-state index contributed by atoms with van der Waals surface area (Å²) in [4.78, 5) is 0. The molecule has 0 saturated heterocycles. The van der Waals surface area contributed by atoms with Crippen molar-refractivity contribution in [3.05, 3.63) is 15.9 Å². The quantitative estimate of drug-likeness (QED) is 0.906. The van der Waals surface area contributed by atoms with Gasteiger partial charge in [-0.15, -0.1) is 0 Å². The summed E-state index contributed by atoms with van der Waals surface area (Å²) in [6.07, 6.45) is 6.63. The van der Waals surface area contributed by atoms with Gasteiger partial charge in [0.25, 0.3) is 0 Å². The number of aryl methyl sites for hydroxylation is 2. The molecule has 4 heteroatoms. The highest BCUT2D eigenvalue weighted by atomic mass is 79.9. The zero-order chi connectivity index (χ0) is 12.3. The van der Waals surface area contributed by atoms with Crippen molar-refractivity contribution in [1.29, 1.82) is 0 Å². The molecule has 0 bridgehead atoms. The van der Waals surface area contributed by atoms with Gasteiger partial charge in [0.2, 0.25) is 0 Å². The number of hydrogen-bond acceptors (Lipinski definition) is 2. The molecule has 1 fully saturated rings. The summed E-state index contributed by atoms with van der Waals surface area (Å²) in [5, 5.41) is 8.08. The standard InChI is InChI=1S/C13H22BrN3/c1-3-11-13(14)12(17(2)16-11)9-15-8-10-6-4-5-7-10/h10,15H,3-9H2,1-2H3. The maximum absolute atomic E-state index is 4.51. The Labute approximate surface area is 112 Å². The summed E-state index contributed by atoms with van der Waals surface area (Å²) in [7, 11) is 2.02. The summed E-state index contributed by atoms with van der Waals surface area (Å²) in [5.74, 6) is 0.896. The van der Waals surface area contributed by atoms with E-state index in [2.05, 4.69) is 33.3 Å². The molecule has 2 rings (SSSR count). The van der Waals surface area contributed by atoms with Gasteiger partial charge < -0.3 is 5.32 Å². The molecule has 0 spiro atoms. The number of hydrogen-bond donors (Lipinski definition) is 1. The number of halogens is 1. The van der Waals surface area contributed by atoms with Crippen molar-refractivity contribution >= 4 is 15.9 Å². The van der Waals surface area contributed by atoms with Crippen molar-refractivity contribution in [3.63, 3.8) is 0 Å². The molecule has 1 aliphatic rings. The highest BCUT2D eigenvalue weighted by Crippen LogP contribution is 2.24. The molecule has 0 atom stereocenters. The second-order valence-corrected chi connectivity index (χ2v) is 5.76. The summed E-state index contributed by atoms with van der Waals surface area (Å²) in [6, 6.07) is 0. The van der Waals surface area contributed by atoms with E-state index in [-0.39, 0.29) is 0 Å². The largest absolute Gasteiger partial charge is 0.311 e. The minimum Gasteiger partial charge on any atom is -0.311 e. The number of nitrogens with zero attached hydrogens (tertiary/aromatic N) is 2. The van der Waals surface area contributed by atoms with Crippen LogP contribution in [0, 0.1) is 5.92 Å². The normalized spacial score (nSPS) is 16.9. The lowest BCUT2D eigenvalue weighted by Gasteiger charge is -2.10. The fraction of sp³-hybridized carbons (Fsp3) is 0.769. The molecule has 17 heavy (non-hydrogen) atoms. The molecule has 0 aromatic carbocycles. The molecule has 3 nitrogen and oxygen atoms in total. The highest BCUT2D eigenvalue weighted by molar-refractivity contribution is 9.10. The molecular weight excluding hydrogens is 278 g/mol. The molecule has 1 N–H and O–H groups in total. The Morgan fingerprint density at radius 2 is 2.12 bits per heavy atom. The lowest BCUT2D eigenvalue weighted by Crippen LogP contribution is -2.22. The van der Waals surface area contributed by atoms with Gasteiger partial charge in [-0.2, -0.15) is 5.10 Å². The number of rotatable bonds is 5. The Kier molecular flexibility index (Phi) is 4.62. The molecule has 1 aromatic heterocycles. The van der Waals surface area contributed by atoms with E-state index in [0.717, 1.165) is 31.1 Å². The second-order valence-electron chi connectivity index (χ2n) is 4.97. The molecule has 1 aliphatic carbocycles. The molecule has 0 unspecified atom stereocenters. The van der Waals surface area contributed by atoms with E-state index in [4.69, 9.17) is 0 Å². The van der Waals surface area contributed by atoms with Crippen LogP contribution in [0.2, 0.25) is 0 Å². The topological polar surface area (TPSA) is 29.9 Å². The molecule has 1 aromatic rings. The average Bonchev–Trinajstić information content (AvgIpc) is 2.91. The van der Waals surface area contributed by atoms with Crippen LogP contribution in [-0.2, 0) is 20.0 Å². The SMILES string of the molecule is CCc1nn(C)c(CNCC2CCCC2)c1Br. The fourth-order valence-electron chi connectivity index (χ4n) is 2.62. The third kappa shape index (κ3) is 3.10. The van der Waals surface area contributed by atoms with Crippen LogP contribution in [0.1, 0.15) is 44.0 Å². The van der Waals surface area contributed by atoms with Crippen LogP contribution in [0.3, 0.4) is 0 Å². The van der Waals surface area contributed by atoms with Crippen LogP contribution in [0.5, 0.6) is 0 Å². The van der Waals surface area contributed by atoms with Crippen molar-refractivity contribution in [1.82, 2.24) is 15.1 Å². The Bertz CT molecular complexity index is 367. The molecule has 1 heterocycles. The molecule has 96 valence electrons. The van der Waals surface area contributed by atoms with Gasteiger partial charge in [-0.05, 0) is 47.7 Å². The zero-order valence-corrected chi connectivity index (χ0v) is 12.4. The number of aromatic nitrogens is 2. The van der Waals surface area contributed by atoms with Gasteiger partial charge in [-0.25, -0.2) is 0 Å². The van der Waals surface area contributed by atoms with Gasteiger partial charge in [0.15, 0.2) is 0 Å². The van der Waals surface area contributed by atoms with Gasteiger partial charge in [0.05, 0.1) is 15.9 Å². The van der Waals surface area contributed by atoms with Gasteiger partial charge in [-0.1, -0.05) is 19.8 Å². The summed E-state index contributed by atoms with van der Waals surface area (Å²) < 4.78 is 3.17.